The largest absolute Gasteiger partial charge is 0.494 e. The fourth-order valence-corrected chi connectivity index (χ4v) is 4.89. The smallest absolute Gasteiger partial charge is 0.200 e. The highest BCUT2D eigenvalue weighted by Gasteiger charge is 2.11. The first-order valence-electron chi connectivity index (χ1n) is 14.3. The van der Waals surface area contributed by atoms with Crippen LogP contribution in [0.15, 0.2) is 45.6 Å². The summed E-state index contributed by atoms with van der Waals surface area (Å²) in [5, 5.41) is 1.10. The lowest BCUT2D eigenvalue weighted by atomic mass is 10.1. The van der Waals surface area contributed by atoms with Crippen molar-refractivity contribution in [2.45, 2.75) is 66.2 Å². The number of hydrogen-bond acceptors (Lipinski definition) is 6. The van der Waals surface area contributed by atoms with E-state index < -0.39 is 0 Å². The van der Waals surface area contributed by atoms with Crippen LogP contribution in [0.3, 0.4) is 0 Å². The van der Waals surface area contributed by atoms with Crippen molar-refractivity contribution in [1.29, 1.82) is 0 Å². The Morgan fingerprint density at radius 1 is 0.622 bits per heavy atom. The molecule has 0 spiro atoms. The van der Waals surface area contributed by atoms with Crippen molar-refractivity contribution in [3.8, 4) is 11.5 Å². The average Bonchev–Trinajstić information content (AvgIpc) is 2.90. The highest BCUT2D eigenvalue weighted by atomic mass is 16.5. The lowest BCUT2D eigenvalue weighted by molar-refractivity contribution is 0.234. The van der Waals surface area contributed by atoms with Gasteiger partial charge in [0.15, 0.2) is 0 Å². The number of ether oxygens (including phenoxy) is 2. The zero-order chi connectivity index (χ0) is 26.5. The molecule has 0 aliphatic heterocycles. The molecule has 0 bridgehead atoms. The van der Waals surface area contributed by atoms with Crippen molar-refractivity contribution in [3.63, 3.8) is 0 Å². The van der Waals surface area contributed by atoms with Crippen LogP contribution in [0.2, 0.25) is 0 Å². The molecule has 0 fully saturated rings. The number of rotatable bonds is 18. The van der Waals surface area contributed by atoms with Crippen molar-refractivity contribution in [2.75, 3.05) is 52.5 Å². The van der Waals surface area contributed by atoms with Gasteiger partial charge in [-0.1, -0.05) is 27.7 Å². The minimum Gasteiger partial charge on any atom is -0.494 e. The maximum Gasteiger partial charge on any atom is 0.200 e. The summed E-state index contributed by atoms with van der Waals surface area (Å²) in [6.45, 7) is 16.7. The Kier molecular flexibility index (Phi) is 12.2. The molecule has 6 heteroatoms. The van der Waals surface area contributed by atoms with Crippen LogP contribution < -0.4 is 14.9 Å². The monoisotopic (exact) mass is 510 g/mol. The van der Waals surface area contributed by atoms with Crippen molar-refractivity contribution in [2.24, 2.45) is 0 Å². The Balaban J connectivity index is 1.60. The van der Waals surface area contributed by atoms with Crippen LogP contribution in [-0.2, 0) is 0 Å². The van der Waals surface area contributed by atoms with Crippen molar-refractivity contribution in [3.05, 3.63) is 46.6 Å². The second-order valence-corrected chi connectivity index (χ2v) is 9.83. The molecule has 0 unspecified atom stereocenters. The third-order valence-corrected chi connectivity index (χ3v) is 6.55. The lowest BCUT2D eigenvalue weighted by Gasteiger charge is -2.20. The van der Waals surface area contributed by atoms with Crippen molar-refractivity contribution in [1.82, 2.24) is 9.80 Å². The molecule has 0 saturated heterocycles. The van der Waals surface area contributed by atoms with E-state index >= 15 is 0 Å². The van der Waals surface area contributed by atoms with Gasteiger partial charge in [-0.3, -0.25) is 4.79 Å². The summed E-state index contributed by atoms with van der Waals surface area (Å²) in [7, 11) is 0. The first kappa shape index (κ1) is 29.0. The quantitative estimate of drug-likeness (QED) is 0.140. The van der Waals surface area contributed by atoms with Gasteiger partial charge in [-0.25, -0.2) is 0 Å². The third kappa shape index (κ3) is 8.75. The number of benzene rings is 2. The minimum absolute atomic E-state index is 0.0416. The minimum atomic E-state index is -0.0416. The number of fused-ring (bicyclic) bond motifs is 2. The highest BCUT2D eigenvalue weighted by molar-refractivity contribution is 5.90. The van der Waals surface area contributed by atoms with E-state index in [0.717, 1.165) is 57.9 Å². The van der Waals surface area contributed by atoms with Gasteiger partial charge in [0.05, 0.1) is 24.0 Å². The summed E-state index contributed by atoms with van der Waals surface area (Å²) in [6, 6.07) is 11.0. The van der Waals surface area contributed by atoms with Gasteiger partial charge >= 0.3 is 0 Å². The van der Waals surface area contributed by atoms with E-state index in [2.05, 4.69) is 37.5 Å². The molecule has 0 aliphatic rings. The fraction of sp³-hybridized carbons (Fsp3) is 0.581. The van der Waals surface area contributed by atoms with Gasteiger partial charge in [0.25, 0.3) is 0 Å². The van der Waals surface area contributed by atoms with E-state index in [1.54, 1.807) is 12.1 Å². The van der Waals surface area contributed by atoms with E-state index in [1.807, 2.05) is 24.3 Å². The molecule has 0 atom stereocenters. The summed E-state index contributed by atoms with van der Waals surface area (Å²) in [5.74, 6) is 1.43. The summed E-state index contributed by atoms with van der Waals surface area (Å²) in [5.41, 5.74) is 1.07. The first-order chi connectivity index (χ1) is 18.1. The van der Waals surface area contributed by atoms with Gasteiger partial charge in [0.2, 0.25) is 5.43 Å². The standard InChI is InChI=1S/C31H46N2O4/c1-5-15-32(16-6-2)19-9-21-35-25-12-14-29-28(23-25)31(34)27-13-11-26(24-30(27)37-29)36-22-10-20-33(17-7-3)18-8-4/h11-14,23-24H,5-10,15-22H2,1-4H3. The Morgan fingerprint density at radius 3 is 1.68 bits per heavy atom. The predicted octanol–water partition coefficient (Wildman–Crippen LogP) is 6.73. The van der Waals surface area contributed by atoms with E-state index in [9.17, 15) is 4.79 Å². The molecule has 0 saturated carbocycles. The van der Waals surface area contributed by atoms with Gasteiger partial charge in [-0.15, -0.1) is 0 Å². The molecular weight excluding hydrogens is 464 g/mol. The summed E-state index contributed by atoms with van der Waals surface area (Å²) >= 11 is 0. The van der Waals surface area contributed by atoms with Gasteiger partial charge in [0, 0.05) is 19.2 Å². The summed E-state index contributed by atoms with van der Waals surface area (Å²) < 4.78 is 18.1. The van der Waals surface area contributed by atoms with Crippen LogP contribution in [0.4, 0.5) is 0 Å². The van der Waals surface area contributed by atoms with Crippen LogP contribution in [0.25, 0.3) is 21.9 Å². The fourth-order valence-electron chi connectivity index (χ4n) is 4.89. The number of nitrogens with zero attached hydrogens (tertiary/aromatic N) is 2. The average molecular weight is 511 g/mol. The lowest BCUT2D eigenvalue weighted by Crippen LogP contribution is -2.27. The van der Waals surface area contributed by atoms with E-state index in [4.69, 9.17) is 13.9 Å². The maximum absolute atomic E-state index is 13.2. The Labute approximate surface area is 222 Å². The molecular formula is C31H46N2O4. The molecule has 3 rings (SSSR count). The molecule has 0 amide bonds. The van der Waals surface area contributed by atoms with Crippen LogP contribution in [0.1, 0.15) is 66.2 Å². The zero-order valence-electron chi connectivity index (χ0n) is 23.4. The van der Waals surface area contributed by atoms with Crippen LogP contribution in [-0.4, -0.2) is 62.3 Å². The molecule has 0 aliphatic carbocycles. The molecule has 0 N–H and O–H groups in total. The first-order valence-corrected chi connectivity index (χ1v) is 14.3. The molecule has 0 radical (unpaired) electrons. The Morgan fingerprint density at radius 2 is 1.14 bits per heavy atom. The van der Waals surface area contributed by atoms with Gasteiger partial charge in [-0.05, 0) is 95.0 Å². The van der Waals surface area contributed by atoms with Gasteiger partial charge < -0.3 is 23.7 Å². The topological polar surface area (TPSA) is 55.1 Å². The third-order valence-electron chi connectivity index (χ3n) is 6.55. The van der Waals surface area contributed by atoms with Gasteiger partial charge in [0.1, 0.15) is 22.7 Å². The van der Waals surface area contributed by atoms with Crippen LogP contribution >= 0.6 is 0 Å². The molecule has 6 nitrogen and oxygen atoms in total. The van der Waals surface area contributed by atoms with E-state index in [-0.39, 0.29) is 5.43 Å². The van der Waals surface area contributed by atoms with Crippen molar-refractivity contribution < 1.29 is 13.9 Å². The molecule has 1 aromatic heterocycles. The molecule has 204 valence electrons. The summed E-state index contributed by atoms with van der Waals surface area (Å²) in [4.78, 5) is 18.2. The van der Waals surface area contributed by atoms with E-state index in [1.165, 1.54) is 25.7 Å². The van der Waals surface area contributed by atoms with Crippen molar-refractivity contribution >= 4 is 21.9 Å². The highest BCUT2D eigenvalue weighted by Crippen LogP contribution is 2.25. The molecule has 37 heavy (non-hydrogen) atoms. The van der Waals surface area contributed by atoms with E-state index in [0.29, 0.717) is 40.9 Å². The Hall–Kier alpha value is -2.57. The zero-order valence-corrected chi connectivity index (χ0v) is 23.4. The normalized spacial score (nSPS) is 11.7. The maximum atomic E-state index is 13.2. The van der Waals surface area contributed by atoms with Crippen LogP contribution in [0.5, 0.6) is 11.5 Å². The van der Waals surface area contributed by atoms with Crippen LogP contribution in [0, 0.1) is 0 Å². The van der Waals surface area contributed by atoms with Gasteiger partial charge in [-0.2, -0.15) is 0 Å². The number of hydrogen-bond donors (Lipinski definition) is 0. The molecule has 2 aromatic carbocycles. The summed E-state index contributed by atoms with van der Waals surface area (Å²) in [6.07, 6.45) is 6.60. The predicted molar refractivity (Wildman–Crippen MR) is 154 cm³/mol. The Bertz CT molecular complexity index is 1130. The second-order valence-electron chi connectivity index (χ2n) is 9.83. The second kappa shape index (κ2) is 15.6. The molecule has 1 heterocycles. The SMILES string of the molecule is CCCN(CCC)CCCOc1ccc2c(=O)c3cc(OCCCN(CCC)CCC)ccc3oc2c1. The molecule has 3 aromatic rings.